The van der Waals surface area contributed by atoms with E-state index in [4.69, 9.17) is 15.3 Å². The van der Waals surface area contributed by atoms with Crippen molar-refractivity contribution in [3.05, 3.63) is 121 Å². The van der Waals surface area contributed by atoms with E-state index < -0.39 is 0 Å². The zero-order valence-electron chi connectivity index (χ0n) is 21.9. The monoisotopic (exact) mass is 585 g/mol. The molecule has 1 aromatic carbocycles. The Morgan fingerprint density at radius 1 is 0.675 bits per heavy atom. The van der Waals surface area contributed by atoms with Crippen LogP contribution in [-0.2, 0) is 19.6 Å². The smallest absolute Gasteiger partial charge is 0.203 e. The fourth-order valence-electron chi connectivity index (χ4n) is 3.19. The fraction of sp³-hybridized carbons (Fsp3) is 0.214. The molecule has 12 heteroatoms. The molecule has 10 nitrogen and oxygen atoms in total. The zero-order valence-corrected chi connectivity index (χ0v) is 23.4. The molecule has 0 amide bonds. The van der Waals surface area contributed by atoms with Crippen LogP contribution >= 0.6 is 0 Å². The van der Waals surface area contributed by atoms with Crippen LogP contribution in [0.4, 0.5) is 5.69 Å². The van der Waals surface area contributed by atoms with E-state index in [0.29, 0.717) is 36.5 Å². The van der Waals surface area contributed by atoms with Crippen molar-refractivity contribution in [3.8, 4) is 0 Å². The minimum atomic E-state index is 0. The second-order valence-electron chi connectivity index (χ2n) is 7.96. The first kappa shape index (κ1) is 34.2. The second-order valence-corrected chi connectivity index (χ2v) is 7.96. The Hall–Kier alpha value is -3.80. The number of benzene rings is 1. The number of pyridine rings is 3. The number of hydrogen-bond donors (Lipinski definition) is 3. The van der Waals surface area contributed by atoms with E-state index >= 15 is 0 Å². The largest absolute Gasteiger partial charge is 1.00 e. The summed E-state index contributed by atoms with van der Waals surface area (Å²) in [7, 11) is 0. The standard InChI is InChI=1S/C21H23N6O2.C7H10NO.2ClH/c28-16-14-26-10-6-19(7-11-26)22-24-21(18-4-2-1-3-5-18)25-23-20-8-12-27(13-9-20)15-17-29;9-7-6-8-4-2-1-3-5-8;;/h1-13,28-29H,14-17H2;1-5,9H,6-7H2;2*1H/q2*+1;;/p-2. The van der Waals surface area contributed by atoms with Crippen molar-refractivity contribution in [1.29, 1.82) is 0 Å². The van der Waals surface area contributed by atoms with Gasteiger partial charge in [-0.15, -0.1) is 20.4 Å². The van der Waals surface area contributed by atoms with Crippen molar-refractivity contribution in [2.45, 2.75) is 19.6 Å². The molecule has 0 radical (unpaired) electrons. The number of halogens is 2. The Kier molecular flexibility index (Phi) is 17.2. The van der Waals surface area contributed by atoms with Gasteiger partial charge in [-0.3, -0.25) is 0 Å². The van der Waals surface area contributed by atoms with Gasteiger partial charge in [0.15, 0.2) is 37.9 Å². The molecule has 0 bridgehead atoms. The first-order chi connectivity index (χ1) is 18.7. The van der Waals surface area contributed by atoms with Gasteiger partial charge in [0.05, 0.1) is 17.7 Å². The summed E-state index contributed by atoms with van der Waals surface area (Å²) < 4.78 is 5.65. The van der Waals surface area contributed by atoms with Crippen LogP contribution in [0.15, 0.2) is 130 Å². The lowest BCUT2D eigenvalue weighted by molar-refractivity contribution is -0.698. The van der Waals surface area contributed by atoms with Gasteiger partial charge in [-0.25, -0.2) is 9.13 Å². The molecular formula is C28H33Cl2N7O3. The first-order valence-electron chi connectivity index (χ1n) is 12.2. The molecule has 0 saturated heterocycles. The SMILES string of the molecule is OCC[n+]1ccccc1.OCCn1ccc(=NN=C(N=Nc2cc[n+](CCO)cc2)c2ccccc2)cc1.[Cl-].[Cl-]. The Morgan fingerprint density at radius 2 is 1.25 bits per heavy atom. The lowest BCUT2D eigenvalue weighted by atomic mass is 10.2. The molecule has 4 aromatic rings. The Balaban J connectivity index is 0.000000622. The van der Waals surface area contributed by atoms with Crippen molar-refractivity contribution in [3.63, 3.8) is 0 Å². The summed E-state index contributed by atoms with van der Waals surface area (Å²) in [6.45, 7) is 2.11. The minimum absolute atomic E-state index is 0. The van der Waals surface area contributed by atoms with Crippen molar-refractivity contribution in [2.24, 2.45) is 20.4 Å². The summed E-state index contributed by atoms with van der Waals surface area (Å²) in [6.07, 6.45) is 11.2. The molecule has 0 fully saturated rings. The molecule has 3 N–H and O–H groups in total. The van der Waals surface area contributed by atoms with Crippen molar-refractivity contribution >= 4 is 11.5 Å². The molecule has 40 heavy (non-hydrogen) atoms. The summed E-state index contributed by atoms with van der Waals surface area (Å²) in [5, 5.41) is 44.2. The number of amidine groups is 1. The highest BCUT2D eigenvalue weighted by atomic mass is 35.5. The molecule has 3 aromatic heterocycles. The third-order valence-corrected chi connectivity index (χ3v) is 5.15. The predicted octanol–water partition coefficient (Wildman–Crippen LogP) is -4.22. The summed E-state index contributed by atoms with van der Waals surface area (Å²) >= 11 is 0. The summed E-state index contributed by atoms with van der Waals surface area (Å²) in [4.78, 5) is 0. The van der Waals surface area contributed by atoms with E-state index in [9.17, 15) is 0 Å². The average molecular weight is 587 g/mol. The Bertz CT molecular complexity index is 1330. The number of aromatic nitrogens is 3. The highest BCUT2D eigenvalue weighted by molar-refractivity contribution is 5.99. The third-order valence-electron chi connectivity index (χ3n) is 5.15. The quantitative estimate of drug-likeness (QED) is 0.0606. The van der Waals surface area contributed by atoms with Crippen LogP contribution < -0.4 is 39.3 Å². The van der Waals surface area contributed by atoms with Crippen LogP contribution in [0.5, 0.6) is 0 Å². The van der Waals surface area contributed by atoms with Gasteiger partial charge in [-0.1, -0.05) is 36.4 Å². The Morgan fingerprint density at radius 3 is 1.82 bits per heavy atom. The van der Waals surface area contributed by atoms with E-state index in [2.05, 4.69) is 20.4 Å². The van der Waals surface area contributed by atoms with Crippen molar-refractivity contribution in [2.75, 3.05) is 19.8 Å². The second kappa shape index (κ2) is 20.2. The van der Waals surface area contributed by atoms with Gasteiger partial charge in [-0.2, -0.15) is 0 Å². The number of rotatable bonds is 9. The first-order valence-corrected chi connectivity index (χ1v) is 12.2. The number of aliphatic hydroxyl groups excluding tert-OH is 3. The number of nitrogens with zero attached hydrogens (tertiary/aromatic N) is 7. The van der Waals surface area contributed by atoms with Crippen molar-refractivity contribution in [1.82, 2.24) is 4.57 Å². The maximum absolute atomic E-state index is 8.98. The maximum Gasteiger partial charge on any atom is 0.203 e. The molecule has 212 valence electrons. The Labute approximate surface area is 245 Å². The van der Waals surface area contributed by atoms with Gasteiger partial charge < -0.3 is 44.7 Å². The van der Waals surface area contributed by atoms with E-state index in [1.54, 1.807) is 0 Å². The molecule has 0 unspecified atom stereocenters. The zero-order chi connectivity index (χ0) is 26.8. The van der Waals surface area contributed by atoms with E-state index in [1.165, 1.54) is 0 Å². The van der Waals surface area contributed by atoms with Gasteiger partial charge in [-0.05, 0) is 12.1 Å². The molecule has 3 heterocycles. The fourth-order valence-corrected chi connectivity index (χ4v) is 3.19. The van der Waals surface area contributed by atoms with E-state index in [0.717, 1.165) is 5.56 Å². The van der Waals surface area contributed by atoms with E-state index in [-0.39, 0.29) is 44.6 Å². The van der Waals surface area contributed by atoms with Crippen LogP contribution in [0.1, 0.15) is 5.56 Å². The normalized spacial score (nSPS) is 10.6. The minimum Gasteiger partial charge on any atom is -1.00 e. The summed E-state index contributed by atoms with van der Waals surface area (Å²) in [5.74, 6) is 0.393. The van der Waals surface area contributed by atoms with Crippen LogP contribution in [0.25, 0.3) is 0 Å². The van der Waals surface area contributed by atoms with E-state index in [1.807, 2.05) is 124 Å². The molecular weight excluding hydrogens is 553 g/mol. The van der Waals surface area contributed by atoms with Crippen molar-refractivity contribution < 1.29 is 49.3 Å². The molecule has 0 atom stereocenters. The summed E-state index contributed by atoms with van der Waals surface area (Å²) in [6, 6.07) is 22.6. The van der Waals surface area contributed by atoms with Gasteiger partial charge in [0.25, 0.3) is 0 Å². The molecule has 0 aliphatic rings. The number of aliphatic hydroxyl groups is 3. The van der Waals surface area contributed by atoms with Gasteiger partial charge >= 0.3 is 0 Å². The molecule has 0 saturated carbocycles. The van der Waals surface area contributed by atoms with Gasteiger partial charge in [0.1, 0.15) is 13.2 Å². The lowest BCUT2D eigenvalue weighted by Gasteiger charge is -2.01. The molecule has 0 aliphatic heterocycles. The average Bonchev–Trinajstić information content (AvgIpc) is 2.97. The van der Waals surface area contributed by atoms with Crippen LogP contribution in [0.2, 0.25) is 0 Å². The predicted molar refractivity (Wildman–Crippen MR) is 142 cm³/mol. The molecule has 0 aliphatic carbocycles. The van der Waals surface area contributed by atoms with Crippen LogP contribution in [-0.4, -0.2) is 45.5 Å². The highest BCUT2D eigenvalue weighted by Crippen LogP contribution is 2.11. The molecule has 4 rings (SSSR count). The van der Waals surface area contributed by atoms with Crippen LogP contribution in [0, 0.1) is 0 Å². The lowest BCUT2D eigenvalue weighted by Crippen LogP contribution is -3.00. The summed E-state index contributed by atoms with van der Waals surface area (Å²) in [5.41, 5.74) is 1.48. The number of hydrogen-bond acceptors (Lipinski definition) is 6. The van der Waals surface area contributed by atoms with Crippen LogP contribution in [0.3, 0.4) is 0 Å². The third kappa shape index (κ3) is 12.4. The maximum atomic E-state index is 8.98. The highest BCUT2D eigenvalue weighted by Gasteiger charge is 2.03. The van der Waals surface area contributed by atoms with Gasteiger partial charge in [0, 0.05) is 48.8 Å². The topological polar surface area (TPSA) is 123 Å². The number of azo groups is 1. The van der Waals surface area contributed by atoms with Gasteiger partial charge in [0.2, 0.25) is 5.84 Å². The molecule has 0 spiro atoms.